The maximum absolute atomic E-state index is 5.48. The molecule has 0 atom stereocenters. The van der Waals surface area contributed by atoms with E-state index in [9.17, 15) is 0 Å². The molecule has 0 bridgehead atoms. The van der Waals surface area contributed by atoms with Crippen LogP contribution < -0.4 is 0 Å². The van der Waals surface area contributed by atoms with Gasteiger partial charge in [-0.1, -0.05) is 232 Å². The van der Waals surface area contributed by atoms with E-state index < -0.39 is 0 Å². The van der Waals surface area contributed by atoms with Gasteiger partial charge < -0.3 is 14.1 Å². The Morgan fingerprint density at radius 3 is 1.30 bits per heavy atom. The van der Waals surface area contributed by atoms with Gasteiger partial charge in [-0.3, -0.25) is 0 Å². The van der Waals surface area contributed by atoms with E-state index in [0.717, 1.165) is 56.3 Å². The van der Waals surface area contributed by atoms with Crippen molar-refractivity contribution in [3.8, 4) is 89.7 Å². The minimum absolute atomic E-state index is 0. The number of nitrogens with zero attached hydrogens (tertiary/aromatic N) is 4. The monoisotopic (exact) mass is 1310 g/mol. The van der Waals surface area contributed by atoms with Crippen LogP contribution in [0.2, 0.25) is 0 Å². The predicted octanol–water partition coefficient (Wildman–Crippen LogP) is 22.3. The summed E-state index contributed by atoms with van der Waals surface area (Å²) >= 11 is 0. The number of hydrogen-bond donors (Lipinski definition) is 0. The minimum Gasteiger partial charge on any atom is -0.309 e. The van der Waals surface area contributed by atoms with Crippen LogP contribution in [0.5, 0.6) is 0 Å². The maximum Gasteiger partial charge on any atom is 0.0716 e. The van der Waals surface area contributed by atoms with E-state index in [0.29, 0.717) is 0 Å². The number of unbranched alkanes of at least 4 members (excludes halogenated alkanes) is 3. The summed E-state index contributed by atoms with van der Waals surface area (Å²) in [7, 11) is 0. The molecule has 15 rings (SSSR count). The Morgan fingerprint density at radius 2 is 0.784 bits per heavy atom. The molecule has 5 heteroatoms. The molecule has 4 aromatic heterocycles. The third-order valence-corrected chi connectivity index (χ3v) is 16.9. The molecule has 1 radical (unpaired) electrons. The van der Waals surface area contributed by atoms with Gasteiger partial charge in [0.1, 0.15) is 0 Å². The van der Waals surface area contributed by atoms with E-state index in [-0.39, 0.29) is 20.1 Å². The van der Waals surface area contributed by atoms with Gasteiger partial charge in [-0.15, -0.1) is 35.4 Å². The van der Waals surface area contributed by atoms with Crippen LogP contribution in [0, 0.1) is 13.0 Å². The van der Waals surface area contributed by atoms with E-state index in [2.05, 4.69) is 319 Å². The number of pyridine rings is 2. The fourth-order valence-electron chi connectivity index (χ4n) is 12.4. The van der Waals surface area contributed by atoms with Crippen LogP contribution in [0.3, 0.4) is 0 Å². The third-order valence-electron chi connectivity index (χ3n) is 16.9. The molecule has 0 aliphatic rings. The van der Waals surface area contributed by atoms with Gasteiger partial charge in [-0.05, 0) is 142 Å². The number of aromatic nitrogens is 4. The van der Waals surface area contributed by atoms with Crippen LogP contribution in [0.4, 0.5) is 0 Å². The van der Waals surface area contributed by atoms with Crippen LogP contribution in [0.25, 0.3) is 133 Å². The summed E-state index contributed by atoms with van der Waals surface area (Å²) in [4.78, 5) is 9.99. The summed E-state index contributed by atoms with van der Waals surface area (Å²) in [5.41, 5.74) is 25.0. The van der Waals surface area contributed by atoms with E-state index in [4.69, 9.17) is 4.98 Å². The average Bonchev–Trinajstić information content (AvgIpc) is 1.95. The maximum atomic E-state index is 5.48. The number of para-hydroxylation sites is 4. The fourth-order valence-corrected chi connectivity index (χ4v) is 12.4. The van der Waals surface area contributed by atoms with Gasteiger partial charge in [0.2, 0.25) is 0 Å². The topological polar surface area (TPSA) is 35.6 Å². The number of rotatable bonds is 14. The van der Waals surface area contributed by atoms with Gasteiger partial charge in [0.15, 0.2) is 0 Å². The zero-order chi connectivity index (χ0) is 58.5. The molecule has 0 amide bonds. The molecule has 88 heavy (non-hydrogen) atoms. The van der Waals surface area contributed by atoms with Crippen molar-refractivity contribution >= 4 is 43.6 Å². The first-order valence-corrected chi connectivity index (χ1v) is 30.5. The van der Waals surface area contributed by atoms with E-state index in [1.807, 2.05) is 12.3 Å². The Bertz CT molecular complexity index is 4620. The van der Waals surface area contributed by atoms with Crippen LogP contribution in [-0.4, -0.2) is 19.1 Å². The first-order chi connectivity index (χ1) is 43.0. The molecule has 0 fully saturated rings. The number of fused-ring (bicyclic) bond motifs is 6. The van der Waals surface area contributed by atoms with Crippen LogP contribution in [-0.2, 0) is 26.5 Å². The van der Waals surface area contributed by atoms with Gasteiger partial charge in [0.05, 0.1) is 33.5 Å². The second-order valence-electron chi connectivity index (χ2n) is 22.7. The summed E-state index contributed by atoms with van der Waals surface area (Å²) < 4.78 is 4.75. The summed E-state index contributed by atoms with van der Waals surface area (Å²) in [6.45, 7) is 4.31. The molecule has 11 aromatic carbocycles. The summed E-state index contributed by atoms with van der Waals surface area (Å²) in [6, 6.07) is 108. The largest absolute Gasteiger partial charge is 0.309 e. The van der Waals surface area contributed by atoms with Crippen molar-refractivity contribution in [3.05, 3.63) is 315 Å². The zero-order valence-electron chi connectivity index (χ0n) is 49.4. The van der Waals surface area contributed by atoms with Crippen molar-refractivity contribution in [1.29, 1.82) is 0 Å². The van der Waals surface area contributed by atoms with Gasteiger partial charge in [-0.2, -0.15) is 0 Å². The number of hydrogen-bond acceptors (Lipinski definition) is 2. The molecule has 0 aliphatic heterocycles. The van der Waals surface area contributed by atoms with Gasteiger partial charge in [0, 0.05) is 70.3 Å². The van der Waals surface area contributed by atoms with Crippen molar-refractivity contribution in [3.63, 3.8) is 0 Å². The minimum atomic E-state index is 0. The Hall–Kier alpha value is -10.0. The van der Waals surface area contributed by atoms with E-state index >= 15 is 0 Å². The van der Waals surface area contributed by atoms with Crippen LogP contribution in [0.15, 0.2) is 297 Å². The molecule has 0 saturated heterocycles. The quantitative estimate of drug-likeness (QED) is 0.0803. The molecule has 15 aromatic rings. The molecule has 0 saturated carbocycles. The standard InChI is InChI=1S/C59H39N3.C24H26N.Ir/c1-2-15-40(16-3-1)43-17-12-18-44(35-43)41-31-33-42(34-32-41)47-38-54(45-19-13-21-48(36-45)61-56-27-8-4-23-50(56)51-24-5-9-28-57(51)61)60-55(39-47)46-20-14-22-49(37-46)62-58-29-10-6-25-52(58)53-26-7-11-30-59(53)62;1-3-4-5-6-8-20-12-14-21(15-13-20)22-9-7-10-23(17-22)24-16-11-19(2)18-25-24;/h1-39H;7,9,11-18H,3-6,8H2,1-2H3;/q;-1;. The molecule has 4 nitrogen and oxygen atoms in total. The Kier molecular flexibility index (Phi) is 16.8. The summed E-state index contributed by atoms with van der Waals surface area (Å²) in [5, 5.41) is 4.98. The Morgan fingerprint density at radius 1 is 0.341 bits per heavy atom. The molecule has 0 spiro atoms. The second kappa shape index (κ2) is 25.9. The summed E-state index contributed by atoms with van der Waals surface area (Å²) in [6.07, 6.45) is 8.34. The van der Waals surface area contributed by atoms with Crippen molar-refractivity contribution in [1.82, 2.24) is 19.1 Å². The molecular formula is C83H65IrN4-. The fraction of sp³-hybridized carbons (Fsp3) is 0.0843. The Balaban J connectivity index is 0.000000231. The van der Waals surface area contributed by atoms with Crippen molar-refractivity contribution in [2.75, 3.05) is 0 Å². The van der Waals surface area contributed by atoms with E-state index in [1.54, 1.807) is 0 Å². The second-order valence-corrected chi connectivity index (χ2v) is 22.7. The molecule has 0 N–H and O–H groups in total. The van der Waals surface area contributed by atoms with Gasteiger partial charge in [-0.25, -0.2) is 4.98 Å². The van der Waals surface area contributed by atoms with Crippen molar-refractivity contribution in [2.45, 2.75) is 46.0 Å². The third kappa shape index (κ3) is 11.8. The Labute approximate surface area is 529 Å². The SMILES string of the molecule is CCCCCCc1ccc(-c2cc[c-]c(-c3ccc(C)cn3)c2)cc1.[Ir].c1ccc(-c2cccc(-c3ccc(-c4cc(-c5cccc(-n6c7ccccc7c7ccccc76)c5)nc(-c5cccc(-n6c7ccccc7c7ccccc76)c5)c4)cc3)c2)cc1. The smallest absolute Gasteiger partial charge is 0.0716 e. The predicted molar refractivity (Wildman–Crippen MR) is 367 cm³/mol. The van der Waals surface area contributed by atoms with Crippen molar-refractivity contribution < 1.29 is 20.1 Å². The number of benzene rings is 11. The van der Waals surface area contributed by atoms with Gasteiger partial charge in [0.25, 0.3) is 0 Å². The first-order valence-electron chi connectivity index (χ1n) is 30.5. The first kappa shape index (κ1) is 57.1. The zero-order valence-corrected chi connectivity index (χ0v) is 51.8. The van der Waals surface area contributed by atoms with E-state index in [1.165, 1.54) is 120 Å². The normalized spacial score (nSPS) is 11.2. The molecule has 0 unspecified atom stereocenters. The summed E-state index contributed by atoms with van der Waals surface area (Å²) in [5.74, 6) is 0. The average molecular weight is 1310 g/mol. The molecule has 0 aliphatic carbocycles. The number of aryl methyl sites for hydroxylation is 2. The van der Waals surface area contributed by atoms with Crippen LogP contribution in [0.1, 0.15) is 43.7 Å². The molecule has 4 heterocycles. The molecular weight excluding hydrogens is 1250 g/mol. The molecule has 427 valence electrons. The van der Waals surface area contributed by atoms with Crippen LogP contribution >= 0.6 is 0 Å². The van der Waals surface area contributed by atoms with Gasteiger partial charge >= 0.3 is 0 Å². The van der Waals surface area contributed by atoms with Crippen molar-refractivity contribution in [2.24, 2.45) is 0 Å².